The molecule has 0 heterocycles. The molecular weight excluding hydrogens is 391 g/mol. The van der Waals surface area contributed by atoms with Crippen LogP contribution in [-0.2, 0) is 4.79 Å². The van der Waals surface area contributed by atoms with Crippen molar-refractivity contribution < 1.29 is 19.1 Å². The average molecular weight is 411 g/mol. The van der Waals surface area contributed by atoms with Gasteiger partial charge in [-0.3, -0.25) is 9.59 Å². The third-order valence-electron chi connectivity index (χ3n) is 3.48. The molecule has 2 N–H and O–H groups in total. The number of nitrogens with one attached hydrogen (secondary N) is 2. The van der Waals surface area contributed by atoms with Crippen LogP contribution in [0, 0.1) is 0 Å². The van der Waals surface area contributed by atoms with Crippen LogP contribution in [0.4, 0.5) is 11.4 Å². The number of hydrogen-bond donors (Lipinski definition) is 2. The van der Waals surface area contributed by atoms with Gasteiger partial charge in [-0.2, -0.15) is 0 Å². The molecule has 27 heavy (non-hydrogen) atoms. The van der Waals surface area contributed by atoms with Crippen LogP contribution in [-0.4, -0.2) is 25.5 Å². The van der Waals surface area contributed by atoms with E-state index >= 15 is 0 Å². The number of hydrogen-bond acceptors (Lipinski definition) is 4. The predicted molar refractivity (Wildman–Crippen MR) is 107 cm³/mol. The Balaban J connectivity index is 2.28. The molecule has 2 amide bonds. The van der Waals surface area contributed by atoms with Crippen molar-refractivity contribution >= 4 is 46.4 Å². The molecule has 6 nitrogen and oxygen atoms in total. The number of ether oxygens (including phenoxy) is 2. The Bertz CT molecular complexity index is 856. The Morgan fingerprint density at radius 2 is 1.81 bits per heavy atom. The highest BCUT2D eigenvalue weighted by molar-refractivity contribution is 6.34. The lowest BCUT2D eigenvalue weighted by molar-refractivity contribution is -0.114. The molecule has 0 aliphatic rings. The summed E-state index contributed by atoms with van der Waals surface area (Å²) in [7, 11) is 1.47. The molecule has 0 aromatic heterocycles. The molecule has 0 unspecified atom stereocenters. The van der Waals surface area contributed by atoms with E-state index < -0.39 is 5.91 Å². The first-order valence-corrected chi connectivity index (χ1v) is 9.00. The summed E-state index contributed by atoms with van der Waals surface area (Å²) in [6.07, 6.45) is 0.810. The number of halogens is 2. The van der Waals surface area contributed by atoms with E-state index in [2.05, 4.69) is 10.6 Å². The molecule has 0 fully saturated rings. The van der Waals surface area contributed by atoms with Crippen LogP contribution in [0.3, 0.4) is 0 Å². The molecule has 2 rings (SSSR count). The first-order valence-electron chi connectivity index (χ1n) is 8.24. The fraction of sp³-hybridized carbons (Fsp3) is 0.263. The van der Waals surface area contributed by atoms with Crippen molar-refractivity contribution in [1.82, 2.24) is 0 Å². The molecule has 2 aromatic carbocycles. The quantitative estimate of drug-likeness (QED) is 0.672. The summed E-state index contributed by atoms with van der Waals surface area (Å²) in [5, 5.41) is 5.94. The maximum absolute atomic E-state index is 12.6. The number of carbonyl (C=O) groups excluding carboxylic acids is 2. The topological polar surface area (TPSA) is 76.7 Å². The molecule has 0 aliphatic carbocycles. The molecular formula is C19H20Cl2N2O4. The molecule has 0 aliphatic heterocycles. The van der Waals surface area contributed by atoms with Crippen LogP contribution >= 0.6 is 23.2 Å². The van der Waals surface area contributed by atoms with Crippen molar-refractivity contribution in [2.45, 2.75) is 20.3 Å². The maximum Gasteiger partial charge on any atom is 0.255 e. The van der Waals surface area contributed by atoms with Gasteiger partial charge in [0.1, 0.15) is 0 Å². The van der Waals surface area contributed by atoms with Crippen LogP contribution < -0.4 is 20.1 Å². The standard InChI is InChI=1S/C19H20Cl2N2O4/c1-4-7-27-18-15(21)8-12(9-17(18)26-3)19(25)23-16-10-13(22-11(2)24)5-6-14(16)20/h5-6,8-10H,4,7H2,1-3H3,(H,22,24)(H,23,25). The van der Waals surface area contributed by atoms with Gasteiger partial charge in [0.25, 0.3) is 5.91 Å². The van der Waals surface area contributed by atoms with Gasteiger partial charge >= 0.3 is 0 Å². The highest BCUT2D eigenvalue weighted by atomic mass is 35.5. The zero-order valence-corrected chi connectivity index (χ0v) is 16.7. The second kappa shape index (κ2) is 9.48. The lowest BCUT2D eigenvalue weighted by atomic mass is 10.1. The predicted octanol–water partition coefficient (Wildman–Crippen LogP) is 5.00. The number of carbonyl (C=O) groups is 2. The van der Waals surface area contributed by atoms with E-state index in [0.717, 1.165) is 6.42 Å². The van der Waals surface area contributed by atoms with Gasteiger partial charge in [-0.25, -0.2) is 0 Å². The van der Waals surface area contributed by atoms with E-state index in [-0.39, 0.29) is 16.5 Å². The molecule has 144 valence electrons. The zero-order valence-electron chi connectivity index (χ0n) is 15.2. The molecule has 0 radical (unpaired) electrons. The van der Waals surface area contributed by atoms with Crippen molar-refractivity contribution in [3.05, 3.63) is 45.9 Å². The number of amides is 2. The van der Waals surface area contributed by atoms with Crippen molar-refractivity contribution in [2.24, 2.45) is 0 Å². The first kappa shape index (κ1) is 20.9. The van der Waals surface area contributed by atoms with Crippen LogP contribution in [0.2, 0.25) is 10.0 Å². The van der Waals surface area contributed by atoms with E-state index in [9.17, 15) is 9.59 Å². The van der Waals surface area contributed by atoms with Gasteiger partial charge in [0.05, 0.1) is 29.4 Å². The van der Waals surface area contributed by atoms with Gasteiger partial charge in [0.15, 0.2) is 11.5 Å². The minimum Gasteiger partial charge on any atom is -0.493 e. The summed E-state index contributed by atoms with van der Waals surface area (Å²) >= 11 is 12.4. The Labute approximate surface area is 167 Å². The molecule has 0 atom stereocenters. The van der Waals surface area contributed by atoms with E-state index in [4.69, 9.17) is 32.7 Å². The number of benzene rings is 2. The third-order valence-corrected chi connectivity index (χ3v) is 4.09. The van der Waals surface area contributed by atoms with Crippen LogP contribution in [0.15, 0.2) is 30.3 Å². The summed E-state index contributed by atoms with van der Waals surface area (Å²) in [5.41, 5.74) is 1.15. The highest BCUT2D eigenvalue weighted by Crippen LogP contribution is 2.37. The largest absolute Gasteiger partial charge is 0.493 e. The lowest BCUT2D eigenvalue weighted by Gasteiger charge is -2.14. The molecule has 8 heteroatoms. The van der Waals surface area contributed by atoms with E-state index in [0.29, 0.717) is 34.5 Å². The highest BCUT2D eigenvalue weighted by Gasteiger charge is 2.17. The monoisotopic (exact) mass is 410 g/mol. The van der Waals surface area contributed by atoms with Crippen LogP contribution in [0.25, 0.3) is 0 Å². The molecule has 2 aromatic rings. The summed E-state index contributed by atoms with van der Waals surface area (Å²) in [6, 6.07) is 7.82. The van der Waals surface area contributed by atoms with Gasteiger partial charge in [0.2, 0.25) is 5.91 Å². The van der Waals surface area contributed by atoms with Gasteiger partial charge < -0.3 is 20.1 Å². The fourth-order valence-electron chi connectivity index (χ4n) is 2.29. The van der Waals surface area contributed by atoms with E-state index in [1.807, 2.05) is 6.92 Å². The van der Waals surface area contributed by atoms with Crippen molar-refractivity contribution in [3.63, 3.8) is 0 Å². The smallest absolute Gasteiger partial charge is 0.255 e. The normalized spacial score (nSPS) is 10.3. The van der Waals surface area contributed by atoms with Crippen molar-refractivity contribution in [2.75, 3.05) is 24.4 Å². The van der Waals surface area contributed by atoms with E-state index in [1.165, 1.54) is 26.2 Å². The summed E-state index contributed by atoms with van der Waals surface area (Å²) in [4.78, 5) is 23.8. The Hall–Kier alpha value is -2.44. The third kappa shape index (κ3) is 5.52. The first-order chi connectivity index (χ1) is 12.8. The van der Waals surface area contributed by atoms with Crippen LogP contribution in [0.5, 0.6) is 11.5 Å². The average Bonchev–Trinajstić information content (AvgIpc) is 2.62. The zero-order chi connectivity index (χ0) is 20.0. The number of rotatable bonds is 7. The van der Waals surface area contributed by atoms with E-state index in [1.54, 1.807) is 18.2 Å². The number of anilines is 2. The SMILES string of the molecule is CCCOc1c(Cl)cc(C(=O)Nc2cc(NC(C)=O)ccc2Cl)cc1OC. The van der Waals surface area contributed by atoms with Crippen molar-refractivity contribution in [1.29, 1.82) is 0 Å². The minimum atomic E-state index is -0.431. The second-order valence-corrected chi connectivity index (χ2v) is 6.48. The maximum atomic E-state index is 12.6. The van der Waals surface area contributed by atoms with Crippen LogP contribution in [0.1, 0.15) is 30.6 Å². The van der Waals surface area contributed by atoms with Gasteiger partial charge in [-0.05, 0) is 36.8 Å². The molecule has 0 spiro atoms. The van der Waals surface area contributed by atoms with Gasteiger partial charge in [0, 0.05) is 18.2 Å². The minimum absolute atomic E-state index is 0.228. The Morgan fingerprint density at radius 1 is 1.07 bits per heavy atom. The Morgan fingerprint density at radius 3 is 2.44 bits per heavy atom. The molecule has 0 saturated carbocycles. The summed E-state index contributed by atoms with van der Waals surface area (Å²) < 4.78 is 10.9. The molecule has 0 bridgehead atoms. The Kier molecular flexibility index (Phi) is 7.33. The van der Waals surface area contributed by atoms with Gasteiger partial charge in [-0.1, -0.05) is 30.1 Å². The summed E-state index contributed by atoms with van der Waals surface area (Å²) in [6.45, 7) is 3.84. The van der Waals surface area contributed by atoms with Gasteiger partial charge in [-0.15, -0.1) is 0 Å². The lowest BCUT2D eigenvalue weighted by Crippen LogP contribution is -2.13. The second-order valence-electron chi connectivity index (χ2n) is 5.67. The summed E-state index contributed by atoms with van der Waals surface area (Å²) in [5.74, 6) is 0.0929. The fourth-order valence-corrected chi connectivity index (χ4v) is 2.72. The molecule has 0 saturated heterocycles. The van der Waals surface area contributed by atoms with Crippen molar-refractivity contribution in [3.8, 4) is 11.5 Å². The number of methoxy groups -OCH3 is 1.